The molecule has 6 rings (SSSR count). The van der Waals surface area contributed by atoms with Crippen LogP contribution in [0, 0.1) is 13.8 Å². The number of pyridine rings is 1. The number of aromatic amines is 1. The second-order valence-corrected chi connectivity index (χ2v) is 9.15. The molecule has 0 atom stereocenters. The fourth-order valence-corrected chi connectivity index (χ4v) is 5.26. The molecule has 1 spiro atoms. The van der Waals surface area contributed by atoms with Gasteiger partial charge in [0.25, 0.3) is 0 Å². The molecule has 4 heterocycles. The average Bonchev–Trinajstić information content (AvgIpc) is 3.49. The molecule has 3 aromatic heterocycles. The van der Waals surface area contributed by atoms with Crippen molar-refractivity contribution in [1.82, 2.24) is 20.1 Å². The van der Waals surface area contributed by atoms with Crippen LogP contribution >= 0.6 is 0 Å². The smallest absolute Gasteiger partial charge is 0.416 e. The Morgan fingerprint density at radius 1 is 1.15 bits per heavy atom. The molecule has 4 aromatic rings. The standard InChI is InChI=1S/C25H25N5O3/c1-15-22(16(2)33-29-15)18-6-7-19-20(13-18)28-23(27-19)17-8-10-25(11-9-17)14-30(24(31)32-25)21-5-3-4-12-26-21/h3-7,12-13,17H,8-11,14H2,1-2H3,(H,27,28). The van der Waals surface area contributed by atoms with Crippen molar-refractivity contribution in [2.75, 3.05) is 11.4 Å². The number of fused-ring (bicyclic) bond motifs is 1. The largest absolute Gasteiger partial charge is 0.441 e. The minimum Gasteiger partial charge on any atom is -0.441 e. The topological polar surface area (TPSA) is 97.1 Å². The predicted octanol–water partition coefficient (Wildman–Crippen LogP) is 5.28. The Bertz CT molecular complexity index is 1320. The molecule has 1 aromatic carbocycles. The van der Waals surface area contributed by atoms with Gasteiger partial charge in [-0.3, -0.25) is 4.90 Å². The van der Waals surface area contributed by atoms with Crippen LogP contribution in [-0.2, 0) is 4.74 Å². The summed E-state index contributed by atoms with van der Waals surface area (Å²) in [5, 5.41) is 4.07. The van der Waals surface area contributed by atoms with Gasteiger partial charge in [0.15, 0.2) is 0 Å². The van der Waals surface area contributed by atoms with Gasteiger partial charge in [-0.1, -0.05) is 17.3 Å². The lowest BCUT2D eigenvalue weighted by Crippen LogP contribution is -2.38. The van der Waals surface area contributed by atoms with Gasteiger partial charge in [0.1, 0.15) is 23.0 Å². The van der Waals surface area contributed by atoms with E-state index in [4.69, 9.17) is 14.2 Å². The Hall–Kier alpha value is -3.68. The Morgan fingerprint density at radius 3 is 2.73 bits per heavy atom. The lowest BCUT2D eigenvalue weighted by molar-refractivity contribution is 0.0208. The van der Waals surface area contributed by atoms with E-state index in [0.29, 0.717) is 18.3 Å². The Kier molecular flexibility index (Phi) is 4.50. The van der Waals surface area contributed by atoms with E-state index in [1.165, 1.54) is 0 Å². The second kappa shape index (κ2) is 7.43. The van der Waals surface area contributed by atoms with Crippen LogP contribution in [0.5, 0.6) is 0 Å². The summed E-state index contributed by atoms with van der Waals surface area (Å²) in [5.41, 5.74) is 4.50. The van der Waals surface area contributed by atoms with Crippen molar-refractivity contribution in [2.24, 2.45) is 0 Å². The summed E-state index contributed by atoms with van der Waals surface area (Å²) in [7, 11) is 0. The van der Waals surface area contributed by atoms with Gasteiger partial charge in [-0.2, -0.15) is 0 Å². The number of anilines is 1. The minimum absolute atomic E-state index is 0.303. The molecule has 1 amide bonds. The third-order valence-corrected chi connectivity index (χ3v) is 7.00. The van der Waals surface area contributed by atoms with E-state index in [0.717, 1.165) is 65.1 Å². The van der Waals surface area contributed by atoms with Gasteiger partial charge in [-0.25, -0.2) is 14.8 Å². The highest BCUT2D eigenvalue weighted by atomic mass is 16.6. The number of H-pyrrole nitrogens is 1. The molecule has 1 saturated carbocycles. The number of nitrogens with zero attached hydrogens (tertiary/aromatic N) is 4. The summed E-state index contributed by atoms with van der Waals surface area (Å²) in [6.07, 6.45) is 4.85. The number of aromatic nitrogens is 4. The lowest BCUT2D eigenvalue weighted by Gasteiger charge is -2.34. The summed E-state index contributed by atoms with van der Waals surface area (Å²) < 4.78 is 11.2. The van der Waals surface area contributed by atoms with Crippen LogP contribution < -0.4 is 4.90 Å². The first-order valence-electron chi connectivity index (χ1n) is 11.4. The van der Waals surface area contributed by atoms with Gasteiger partial charge < -0.3 is 14.2 Å². The highest BCUT2D eigenvalue weighted by molar-refractivity contribution is 5.89. The molecule has 8 nitrogen and oxygen atoms in total. The van der Waals surface area contributed by atoms with E-state index in [-0.39, 0.29) is 6.09 Å². The van der Waals surface area contributed by atoms with Gasteiger partial charge in [0.2, 0.25) is 0 Å². The fourth-order valence-electron chi connectivity index (χ4n) is 5.26. The highest BCUT2D eigenvalue weighted by Crippen LogP contribution is 2.43. The molecule has 2 fully saturated rings. The zero-order valence-corrected chi connectivity index (χ0v) is 18.7. The van der Waals surface area contributed by atoms with Crippen molar-refractivity contribution in [3.63, 3.8) is 0 Å². The van der Waals surface area contributed by atoms with Gasteiger partial charge >= 0.3 is 6.09 Å². The van der Waals surface area contributed by atoms with Crippen LogP contribution in [0.3, 0.4) is 0 Å². The molecule has 1 aliphatic heterocycles. The number of hydrogen-bond donors (Lipinski definition) is 1. The number of carbonyl (C=O) groups excluding carboxylic acids is 1. The van der Waals surface area contributed by atoms with E-state index in [2.05, 4.69) is 33.3 Å². The Labute approximate surface area is 191 Å². The minimum atomic E-state index is -0.437. The number of nitrogens with one attached hydrogen (secondary N) is 1. The molecule has 2 aliphatic rings. The summed E-state index contributed by atoms with van der Waals surface area (Å²) in [6, 6.07) is 11.8. The molecule has 8 heteroatoms. The fraction of sp³-hybridized carbons (Fsp3) is 0.360. The zero-order chi connectivity index (χ0) is 22.6. The van der Waals surface area contributed by atoms with Crippen LogP contribution in [0.4, 0.5) is 10.6 Å². The van der Waals surface area contributed by atoms with Gasteiger partial charge in [-0.05, 0) is 69.4 Å². The number of amides is 1. The molecule has 1 N–H and O–H groups in total. The number of rotatable bonds is 3. The number of benzene rings is 1. The number of aryl methyl sites for hydroxylation is 2. The van der Waals surface area contributed by atoms with Crippen molar-refractivity contribution in [1.29, 1.82) is 0 Å². The number of ether oxygens (including phenoxy) is 1. The van der Waals surface area contributed by atoms with Crippen molar-refractivity contribution < 1.29 is 14.1 Å². The molecule has 0 radical (unpaired) electrons. The second-order valence-electron chi connectivity index (χ2n) is 9.15. The van der Waals surface area contributed by atoms with Gasteiger partial charge in [-0.15, -0.1) is 0 Å². The maximum absolute atomic E-state index is 12.5. The van der Waals surface area contributed by atoms with Crippen LogP contribution in [0.15, 0.2) is 47.1 Å². The third-order valence-electron chi connectivity index (χ3n) is 7.00. The molecule has 1 saturated heterocycles. The number of imidazole rings is 1. The lowest BCUT2D eigenvalue weighted by atomic mass is 9.78. The quantitative estimate of drug-likeness (QED) is 0.462. The first kappa shape index (κ1) is 20.0. The van der Waals surface area contributed by atoms with Gasteiger partial charge in [0.05, 0.1) is 23.3 Å². The van der Waals surface area contributed by atoms with Crippen LogP contribution in [-0.4, -0.2) is 38.3 Å². The van der Waals surface area contributed by atoms with Crippen LogP contribution in [0.2, 0.25) is 0 Å². The van der Waals surface area contributed by atoms with E-state index in [1.807, 2.05) is 32.0 Å². The van der Waals surface area contributed by atoms with Crippen molar-refractivity contribution in [2.45, 2.75) is 51.0 Å². The Morgan fingerprint density at radius 2 is 2.00 bits per heavy atom. The van der Waals surface area contributed by atoms with Crippen LogP contribution in [0.25, 0.3) is 22.2 Å². The highest BCUT2D eigenvalue weighted by Gasteiger charge is 2.48. The van der Waals surface area contributed by atoms with E-state index >= 15 is 0 Å². The normalized spacial score (nSPS) is 22.9. The summed E-state index contributed by atoms with van der Waals surface area (Å²) in [6.45, 7) is 4.43. The van der Waals surface area contributed by atoms with E-state index in [1.54, 1.807) is 11.1 Å². The van der Waals surface area contributed by atoms with Crippen molar-refractivity contribution in [3.05, 3.63) is 59.9 Å². The average molecular weight is 444 g/mol. The predicted molar refractivity (Wildman–Crippen MR) is 123 cm³/mol. The summed E-state index contributed by atoms with van der Waals surface area (Å²) in [5.74, 6) is 2.77. The first-order chi connectivity index (χ1) is 16.0. The summed E-state index contributed by atoms with van der Waals surface area (Å²) in [4.78, 5) is 26.9. The molecule has 33 heavy (non-hydrogen) atoms. The Balaban J connectivity index is 1.20. The molecule has 0 unspecified atom stereocenters. The SMILES string of the molecule is Cc1noc(C)c1-c1ccc2[nH]c(C3CCC4(CC3)CN(c3ccccn3)C(=O)O4)nc2c1. The van der Waals surface area contributed by atoms with Gasteiger partial charge in [0, 0.05) is 17.7 Å². The van der Waals surface area contributed by atoms with Crippen molar-refractivity contribution in [3.8, 4) is 11.1 Å². The number of hydrogen-bond acceptors (Lipinski definition) is 6. The van der Waals surface area contributed by atoms with E-state index < -0.39 is 5.60 Å². The molecular weight excluding hydrogens is 418 g/mol. The van der Waals surface area contributed by atoms with E-state index in [9.17, 15) is 4.79 Å². The maximum Gasteiger partial charge on any atom is 0.416 e. The summed E-state index contributed by atoms with van der Waals surface area (Å²) >= 11 is 0. The first-order valence-corrected chi connectivity index (χ1v) is 11.4. The molecule has 0 bridgehead atoms. The molecule has 168 valence electrons. The number of carbonyl (C=O) groups is 1. The maximum atomic E-state index is 12.5. The zero-order valence-electron chi connectivity index (χ0n) is 18.7. The van der Waals surface area contributed by atoms with Crippen molar-refractivity contribution >= 4 is 22.9 Å². The van der Waals surface area contributed by atoms with Crippen LogP contribution in [0.1, 0.15) is 48.9 Å². The third kappa shape index (κ3) is 3.37. The molecular formula is C25H25N5O3. The molecule has 1 aliphatic carbocycles. The monoisotopic (exact) mass is 443 g/mol.